The second kappa shape index (κ2) is 6.32. The van der Waals surface area contributed by atoms with E-state index >= 15 is 0 Å². The maximum atomic E-state index is 13.3. The van der Waals surface area contributed by atoms with Crippen molar-refractivity contribution in [1.29, 1.82) is 0 Å². The number of piperidine rings is 1. The van der Waals surface area contributed by atoms with Gasteiger partial charge in [0.1, 0.15) is 5.82 Å². The Morgan fingerprint density at radius 3 is 2.62 bits per heavy atom. The normalized spacial score (nSPS) is 25.5. The molecular formula is C19H20FN3O. The van der Waals surface area contributed by atoms with Crippen LogP contribution >= 0.6 is 0 Å². The van der Waals surface area contributed by atoms with Crippen molar-refractivity contribution in [3.8, 4) is 11.3 Å². The van der Waals surface area contributed by atoms with Crippen LogP contribution in [0.1, 0.15) is 36.0 Å². The highest BCUT2D eigenvalue weighted by molar-refractivity contribution is 5.94. The van der Waals surface area contributed by atoms with Gasteiger partial charge < -0.3 is 10.6 Å². The average molecular weight is 325 g/mol. The van der Waals surface area contributed by atoms with E-state index in [1.807, 2.05) is 0 Å². The molecule has 2 unspecified atom stereocenters. The lowest BCUT2D eigenvalue weighted by Gasteiger charge is -2.29. The maximum absolute atomic E-state index is 13.3. The first kappa shape index (κ1) is 15.3. The van der Waals surface area contributed by atoms with Gasteiger partial charge in [0.25, 0.3) is 5.91 Å². The molecule has 124 valence electrons. The monoisotopic (exact) mass is 325 g/mol. The van der Waals surface area contributed by atoms with Crippen molar-refractivity contribution < 1.29 is 9.18 Å². The molecule has 0 saturated carbocycles. The highest BCUT2D eigenvalue weighted by Crippen LogP contribution is 2.27. The van der Waals surface area contributed by atoms with Crippen LogP contribution in [0.2, 0.25) is 0 Å². The van der Waals surface area contributed by atoms with E-state index < -0.39 is 0 Å². The Morgan fingerprint density at radius 1 is 1.17 bits per heavy atom. The molecule has 4 nitrogen and oxygen atoms in total. The number of nitrogens with one attached hydrogen (secondary N) is 2. The molecular weight excluding hydrogens is 305 g/mol. The molecule has 0 spiro atoms. The van der Waals surface area contributed by atoms with Gasteiger partial charge in [0.2, 0.25) is 0 Å². The summed E-state index contributed by atoms with van der Waals surface area (Å²) in [4.78, 5) is 16.7. The van der Waals surface area contributed by atoms with Gasteiger partial charge in [-0.2, -0.15) is 0 Å². The summed E-state index contributed by atoms with van der Waals surface area (Å²) < 4.78 is 13.3. The number of rotatable bonds is 3. The van der Waals surface area contributed by atoms with Crippen LogP contribution in [0.4, 0.5) is 4.39 Å². The zero-order valence-electron chi connectivity index (χ0n) is 13.3. The Morgan fingerprint density at radius 2 is 1.96 bits per heavy atom. The predicted octanol–water partition coefficient (Wildman–Crippen LogP) is 2.90. The van der Waals surface area contributed by atoms with Gasteiger partial charge in [0.05, 0.1) is 11.3 Å². The minimum atomic E-state index is -0.295. The number of halogens is 1. The summed E-state index contributed by atoms with van der Waals surface area (Å²) >= 11 is 0. The number of benzene rings is 1. The quantitative estimate of drug-likeness (QED) is 0.912. The number of carbonyl (C=O) groups excluding carboxylic acids is 1. The first-order valence-electron chi connectivity index (χ1n) is 8.46. The number of carbonyl (C=O) groups is 1. The van der Waals surface area contributed by atoms with Crippen molar-refractivity contribution in [2.45, 2.75) is 43.8 Å². The van der Waals surface area contributed by atoms with Gasteiger partial charge in [0, 0.05) is 29.9 Å². The van der Waals surface area contributed by atoms with Crippen molar-refractivity contribution in [2.24, 2.45) is 0 Å². The smallest absolute Gasteiger partial charge is 0.253 e. The molecule has 2 N–H and O–H groups in total. The fourth-order valence-corrected chi connectivity index (χ4v) is 3.79. The van der Waals surface area contributed by atoms with Crippen LogP contribution in [-0.2, 0) is 0 Å². The summed E-state index contributed by atoms with van der Waals surface area (Å²) in [5.41, 5.74) is 1.91. The molecule has 1 aromatic heterocycles. The van der Waals surface area contributed by atoms with Crippen LogP contribution in [0.3, 0.4) is 0 Å². The maximum Gasteiger partial charge on any atom is 0.253 e. The number of amides is 1. The fourth-order valence-electron chi connectivity index (χ4n) is 3.79. The van der Waals surface area contributed by atoms with E-state index in [1.54, 1.807) is 30.5 Å². The molecule has 0 aliphatic carbocycles. The van der Waals surface area contributed by atoms with Crippen molar-refractivity contribution >= 4 is 5.91 Å². The Kier molecular flexibility index (Phi) is 4.02. The van der Waals surface area contributed by atoms with Gasteiger partial charge in [-0.05, 0) is 49.9 Å². The standard InChI is InChI=1S/C19H20FN3O/c20-14-3-1-2-12(8-14)18-7-4-13(11-21-18)19(24)23-17-9-15-5-6-16(10-17)22-15/h1-4,7-8,11,15-17,22H,5-6,9-10H2,(H,23,24). The van der Waals surface area contributed by atoms with E-state index in [2.05, 4.69) is 15.6 Å². The topological polar surface area (TPSA) is 54.0 Å². The van der Waals surface area contributed by atoms with Gasteiger partial charge in [-0.25, -0.2) is 4.39 Å². The minimum Gasteiger partial charge on any atom is -0.349 e. The molecule has 2 fully saturated rings. The zero-order chi connectivity index (χ0) is 16.5. The van der Waals surface area contributed by atoms with Crippen LogP contribution in [0.5, 0.6) is 0 Å². The SMILES string of the molecule is O=C(NC1CC2CCC(C1)N2)c1ccc(-c2cccc(F)c2)nc1. The molecule has 1 aromatic carbocycles. The second-order valence-electron chi connectivity index (χ2n) is 6.72. The summed E-state index contributed by atoms with van der Waals surface area (Å²) in [5, 5.41) is 6.69. The third-order valence-electron chi connectivity index (χ3n) is 4.95. The third-order valence-corrected chi connectivity index (χ3v) is 4.95. The summed E-state index contributed by atoms with van der Waals surface area (Å²) in [6.07, 6.45) is 5.97. The van der Waals surface area contributed by atoms with E-state index in [-0.39, 0.29) is 17.8 Å². The molecule has 2 aliphatic heterocycles. The van der Waals surface area contributed by atoms with E-state index in [0.29, 0.717) is 28.9 Å². The molecule has 4 rings (SSSR count). The number of nitrogens with zero attached hydrogens (tertiary/aromatic N) is 1. The summed E-state index contributed by atoms with van der Waals surface area (Å²) in [6, 6.07) is 11.1. The van der Waals surface area contributed by atoms with Crippen LogP contribution in [0, 0.1) is 5.82 Å². The molecule has 2 aliphatic rings. The summed E-state index contributed by atoms with van der Waals surface area (Å²) in [6.45, 7) is 0. The first-order chi connectivity index (χ1) is 11.7. The Balaban J connectivity index is 1.43. The van der Waals surface area contributed by atoms with E-state index in [0.717, 1.165) is 12.8 Å². The van der Waals surface area contributed by atoms with Crippen molar-refractivity contribution in [1.82, 2.24) is 15.6 Å². The highest BCUT2D eigenvalue weighted by atomic mass is 19.1. The number of fused-ring (bicyclic) bond motifs is 2. The molecule has 5 heteroatoms. The van der Waals surface area contributed by atoms with E-state index in [9.17, 15) is 9.18 Å². The summed E-state index contributed by atoms with van der Waals surface area (Å²) in [7, 11) is 0. The van der Waals surface area contributed by atoms with Crippen LogP contribution in [0.25, 0.3) is 11.3 Å². The van der Waals surface area contributed by atoms with Crippen molar-refractivity contribution in [3.05, 3.63) is 54.0 Å². The van der Waals surface area contributed by atoms with Crippen molar-refractivity contribution in [2.75, 3.05) is 0 Å². The molecule has 2 aromatic rings. The molecule has 2 bridgehead atoms. The van der Waals surface area contributed by atoms with Gasteiger partial charge in [-0.3, -0.25) is 9.78 Å². The van der Waals surface area contributed by atoms with Gasteiger partial charge in [-0.15, -0.1) is 0 Å². The molecule has 2 atom stereocenters. The third kappa shape index (κ3) is 3.17. The van der Waals surface area contributed by atoms with Gasteiger partial charge in [0.15, 0.2) is 0 Å². The Bertz CT molecular complexity index is 735. The van der Waals surface area contributed by atoms with Gasteiger partial charge >= 0.3 is 0 Å². The molecule has 0 radical (unpaired) electrons. The molecule has 24 heavy (non-hydrogen) atoms. The van der Waals surface area contributed by atoms with Crippen LogP contribution in [-0.4, -0.2) is 29.0 Å². The van der Waals surface area contributed by atoms with Crippen molar-refractivity contribution in [3.63, 3.8) is 0 Å². The fraction of sp³-hybridized carbons (Fsp3) is 0.368. The van der Waals surface area contributed by atoms with Gasteiger partial charge in [-0.1, -0.05) is 12.1 Å². The number of hydrogen-bond donors (Lipinski definition) is 2. The predicted molar refractivity (Wildman–Crippen MR) is 90.1 cm³/mol. The summed E-state index contributed by atoms with van der Waals surface area (Å²) in [5.74, 6) is -0.378. The Hall–Kier alpha value is -2.27. The van der Waals surface area contributed by atoms with E-state index in [4.69, 9.17) is 0 Å². The lowest BCUT2D eigenvalue weighted by molar-refractivity contribution is 0.0923. The van der Waals surface area contributed by atoms with E-state index in [1.165, 1.54) is 25.0 Å². The second-order valence-corrected chi connectivity index (χ2v) is 6.72. The molecule has 1 amide bonds. The van der Waals surface area contributed by atoms with Crippen LogP contribution in [0.15, 0.2) is 42.6 Å². The Labute approximate surface area is 140 Å². The lowest BCUT2D eigenvalue weighted by atomic mass is 9.99. The largest absolute Gasteiger partial charge is 0.349 e. The minimum absolute atomic E-state index is 0.0837. The number of pyridine rings is 1. The molecule has 3 heterocycles. The van der Waals surface area contributed by atoms with Crippen LogP contribution < -0.4 is 10.6 Å². The molecule has 2 saturated heterocycles. The highest BCUT2D eigenvalue weighted by Gasteiger charge is 2.34. The first-order valence-corrected chi connectivity index (χ1v) is 8.46. The zero-order valence-corrected chi connectivity index (χ0v) is 13.3. The number of aromatic nitrogens is 1. The lowest BCUT2D eigenvalue weighted by Crippen LogP contribution is -2.48. The average Bonchev–Trinajstić information content (AvgIpc) is 2.93. The number of hydrogen-bond acceptors (Lipinski definition) is 3.